The van der Waals surface area contributed by atoms with E-state index in [4.69, 9.17) is 15.8 Å². The van der Waals surface area contributed by atoms with E-state index in [-0.39, 0.29) is 30.9 Å². The average molecular weight is 244 g/mol. The van der Waals surface area contributed by atoms with Crippen molar-refractivity contribution in [3.8, 4) is 0 Å². The zero-order chi connectivity index (χ0) is 13.3. The number of nitrogens with zero attached hydrogens (tertiary/aromatic N) is 4. The molecule has 17 heavy (non-hydrogen) atoms. The van der Waals surface area contributed by atoms with Gasteiger partial charge in [0.05, 0.1) is 0 Å². The lowest BCUT2D eigenvalue weighted by atomic mass is 10.3. The number of carboxylic acids is 1. The molecule has 1 heterocycles. The molecule has 0 atom stereocenters. The van der Waals surface area contributed by atoms with Crippen molar-refractivity contribution in [1.29, 1.82) is 0 Å². The molecule has 0 aromatic heterocycles. The Kier molecular flexibility index (Phi) is 7.07. The third kappa shape index (κ3) is 6.88. The summed E-state index contributed by atoms with van der Waals surface area (Å²) in [5.74, 6) is -1.87. The second-order valence-electron chi connectivity index (χ2n) is 3.05. The third-order valence-corrected chi connectivity index (χ3v) is 1.74. The van der Waals surface area contributed by atoms with Crippen LogP contribution in [-0.2, 0) is 14.4 Å². The van der Waals surface area contributed by atoms with Gasteiger partial charge in [-0.05, 0) is 12.0 Å². The Balaban J connectivity index is 0.000000302. The average Bonchev–Trinajstić information content (AvgIpc) is 2.57. The van der Waals surface area contributed by atoms with Gasteiger partial charge < -0.3 is 5.11 Å². The molecule has 2 amide bonds. The van der Waals surface area contributed by atoms with Gasteiger partial charge in [-0.25, -0.2) is 0 Å². The Morgan fingerprint density at radius 1 is 1.41 bits per heavy atom. The van der Waals surface area contributed by atoms with Crippen LogP contribution in [0.15, 0.2) is 5.11 Å². The van der Waals surface area contributed by atoms with Gasteiger partial charge in [0.1, 0.15) is 0 Å². The summed E-state index contributed by atoms with van der Waals surface area (Å²) >= 11 is 0. The van der Waals surface area contributed by atoms with Crippen LogP contribution < -0.4 is 0 Å². The number of carbonyl (C=O) groups excluding carboxylic acids is 2. The Labute approximate surface area is 96.2 Å². The van der Waals surface area contributed by atoms with Gasteiger partial charge >= 0.3 is 5.97 Å². The molecule has 0 radical (unpaired) electrons. The zero-order valence-electron chi connectivity index (χ0n) is 8.94. The molecular formula is C8H12N4O5. The summed E-state index contributed by atoms with van der Waals surface area (Å²) in [6.45, 7) is 0.267. The summed E-state index contributed by atoms with van der Waals surface area (Å²) < 4.78 is 0. The standard InChI is InChI=1S/C4H7N3O2.C4H5NO3/c5-7-6-3-1-2-4(8)9;6-3-1-2-4(7)5(3)8/h1-3H2,(H,8,9);8H,1-2H2. The van der Waals surface area contributed by atoms with E-state index in [0.29, 0.717) is 6.42 Å². The Morgan fingerprint density at radius 3 is 2.24 bits per heavy atom. The largest absolute Gasteiger partial charge is 0.481 e. The first-order valence-electron chi connectivity index (χ1n) is 4.76. The molecule has 94 valence electrons. The SMILES string of the molecule is O=C1CCC(=O)N1O.[N-]=[N+]=NCCCC(=O)O. The van der Waals surface area contributed by atoms with Crippen molar-refractivity contribution < 1.29 is 24.7 Å². The number of azide groups is 1. The third-order valence-electron chi connectivity index (χ3n) is 1.74. The summed E-state index contributed by atoms with van der Waals surface area (Å²) in [7, 11) is 0. The number of carboxylic acid groups (broad SMARTS) is 1. The fraction of sp³-hybridized carbons (Fsp3) is 0.625. The number of amides is 2. The lowest BCUT2D eigenvalue weighted by molar-refractivity contribution is -0.171. The van der Waals surface area contributed by atoms with Crippen LogP contribution in [-0.4, -0.2) is 39.7 Å². The summed E-state index contributed by atoms with van der Waals surface area (Å²) in [6.07, 6.45) is 0.781. The molecule has 1 aliphatic rings. The first-order valence-corrected chi connectivity index (χ1v) is 4.76. The molecule has 0 bridgehead atoms. The van der Waals surface area contributed by atoms with Crippen molar-refractivity contribution in [1.82, 2.24) is 5.06 Å². The van der Waals surface area contributed by atoms with Gasteiger partial charge in [0, 0.05) is 30.7 Å². The van der Waals surface area contributed by atoms with Crippen LogP contribution in [0.3, 0.4) is 0 Å². The van der Waals surface area contributed by atoms with Crippen LogP contribution in [0, 0.1) is 0 Å². The van der Waals surface area contributed by atoms with Gasteiger partial charge in [-0.2, -0.15) is 5.06 Å². The summed E-state index contributed by atoms with van der Waals surface area (Å²) in [6, 6.07) is 0. The van der Waals surface area contributed by atoms with Gasteiger partial charge in [0.15, 0.2) is 0 Å². The van der Waals surface area contributed by atoms with E-state index < -0.39 is 17.8 Å². The summed E-state index contributed by atoms with van der Waals surface area (Å²) in [5, 5.41) is 19.8. The quantitative estimate of drug-likeness (QED) is 0.186. The molecule has 9 nitrogen and oxygen atoms in total. The van der Waals surface area contributed by atoms with Crippen LogP contribution in [0.2, 0.25) is 0 Å². The van der Waals surface area contributed by atoms with Crippen LogP contribution >= 0.6 is 0 Å². The number of hydroxylamine groups is 2. The number of hydrogen-bond donors (Lipinski definition) is 2. The van der Waals surface area contributed by atoms with E-state index in [1.54, 1.807) is 0 Å². The minimum Gasteiger partial charge on any atom is -0.481 e. The predicted octanol–water partition coefficient (Wildman–Crippen LogP) is 0.686. The lowest BCUT2D eigenvalue weighted by Gasteiger charge is -1.98. The van der Waals surface area contributed by atoms with Gasteiger partial charge in [-0.1, -0.05) is 5.11 Å². The fourth-order valence-electron chi connectivity index (χ4n) is 0.910. The zero-order valence-corrected chi connectivity index (χ0v) is 8.94. The van der Waals surface area contributed by atoms with Crippen LogP contribution in [0.4, 0.5) is 0 Å². The summed E-state index contributed by atoms with van der Waals surface area (Å²) in [5.41, 5.74) is 7.74. The van der Waals surface area contributed by atoms with Gasteiger partial charge in [-0.15, -0.1) is 0 Å². The molecule has 0 saturated carbocycles. The second-order valence-corrected chi connectivity index (χ2v) is 3.05. The molecule has 1 aliphatic heterocycles. The first kappa shape index (κ1) is 14.9. The van der Waals surface area contributed by atoms with Crippen molar-refractivity contribution >= 4 is 17.8 Å². The van der Waals surface area contributed by atoms with Crippen LogP contribution in [0.25, 0.3) is 10.4 Å². The molecule has 1 saturated heterocycles. The number of rotatable bonds is 4. The van der Waals surface area contributed by atoms with Crippen molar-refractivity contribution in [2.24, 2.45) is 5.11 Å². The van der Waals surface area contributed by atoms with E-state index in [9.17, 15) is 14.4 Å². The van der Waals surface area contributed by atoms with Gasteiger partial charge in [0.2, 0.25) is 0 Å². The molecule has 0 aromatic carbocycles. The number of imide groups is 1. The van der Waals surface area contributed by atoms with Crippen molar-refractivity contribution in [2.75, 3.05) is 6.54 Å². The van der Waals surface area contributed by atoms with Crippen LogP contribution in [0.5, 0.6) is 0 Å². The second kappa shape index (κ2) is 8.08. The predicted molar refractivity (Wildman–Crippen MR) is 53.8 cm³/mol. The monoisotopic (exact) mass is 244 g/mol. The molecular weight excluding hydrogens is 232 g/mol. The fourth-order valence-corrected chi connectivity index (χ4v) is 0.910. The van der Waals surface area contributed by atoms with Gasteiger partial charge in [-0.3, -0.25) is 19.6 Å². The normalized spacial score (nSPS) is 13.8. The molecule has 0 aliphatic carbocycles. The van der Waals surface area contributed by atoms with E-state index in [1.165, 1.54) is 0 Å². The van der Waals surface area contributed by atoms with Crippen molar-refractivity contribution in [3.63, 3.8) is 0 Å². The topological polar surface area (TPSA) is 144 Å². The lowest BCUT2D eigenvalue weighted by Crippen LogP contribution is -2.24. The van der Waals surface area contributed by atoms with Gasteiger partial charge in [0.25, 0.3) is 11.8 Å². The Morgan fingerprint density at radius 2 is 1.94 bits per heavy atom. The van der Waals surface area contributed by atoms with Crippen molar-refractivity contribution in [3.05, 3.63) is 10.4 Å². The van der Waals surface area contributed by atoms with E-state index in [0.717, 1.165) is 0 Å². The number of hydrogen-bond acceptors (Lipinski definition) is 5. The molecule has 1 fully saturated rings. The highest BCUT2D eigenvalue weighted by molar-refractivity contribution is 6.00. The Hall–Kier alpha value is -2.12. The molecule has 0 aromatic rings. The first-order chi connectivity index (χ1) is 7.99. The summed E-state index contributed by atoms with van der Waals surface area (Å²) in [4.78, 5) is 32.8. The maximum Gasteiger partial charge on any atom is 0.303 e. The molecule has 9 heteroatoms. The van der Waals surface area contributed by atoms with Crippen molar-refractivity contribution in [2.45, 2.75) is 25.7 Å². The van der Waals surface area contributed by atoms with E-state index in [2.05, 4.69) is 10.0 Å². The number of aliphatic carboxylic acids is 1. The molecule has 1 rings (SSSR count). The molecule has 0 spiro atoms. The maximum absolute atomic E-state index is 10.2. The molecule has 2 N–H and O–H groups in total. The highest BCUT2D eigenvalue weighted by Crippen LogP contribution is 2.07. The minimum atomic E-state index is -0.858. The maximum atomic E-state index is 10.2. The van der Waals surface area contributed by atoms with E-state index >= 15 is 0 Å². The van der Waals surface area contributed by atoms with E-state index in [1.807, 2.05) is 0 Å². The highest BCUT2D eigenvalue weighted by atomic mass is 16.5. The Bertz CT molecular complexity index is 332. The number of carbonyl (C=O) groups is 3. The minimum absolute atomic E-state index is 0.0685. The smallest absolute Gasteiger partial charge is 0.303 e. The van der Waals surface area contributed by atoms with Crippen LogP contribution in [0.1, 0.15) is 25.7 Å². The highest BCUT2D eigenvalue weighted by Gasteiger charge is 2.26. The molecule has 0 unspecified atom stereocenters.